The summed E-state index contributed by atoms with van der Waals surface area (Å²) in [5.41, 5.74) is 7.02. The van der Waals surface area contributed by atoms with Crippen molar-refractivity contribution in [2.24, 2.45) is 5.73 Å². The number of anilines is 1. The molecule has 1 rings (SSSR count). The molecule has 1 aromatic carbocycles. The number of alkyl halides is 1. The zero-order valence-corrected chi connectivity index (χ0v) is 7.90. The van der Waals surface area contributed by atoms with Crippen molar-refractivity contribution in [2.75, 3.05) is 18.5 Å². The maximum absolute atomic E-state index is 11.9. The summed E-state index contributed by atoms with van der Waals surface area (Å²) in [5, 5.41) is 2.90. The van der Waals surface area contributed by atoms with Gasteiger partial charge in [-0.05, 0) is 12.1 Å². The molecule has 0 aliphatic rings. The van der Waals surface area contributed by atoms with Crippen molar-refractivity contribution in [1.82, 2.24) is 0 Å². The van der Waals surface area contributed by atoms with Gasteiger partial charge in [0.25, 0.3) is 0 Å². The predicted octanol–water partition coefficient (Wildman–Crippen LogP) is 1.70. The molecule has 3 N–H and O–H groups in total. The molecule has 0 heterocycles. The molecule has 0 atom stereocenters. The van der Waals surface area contributed by atoms with Gasteiger partial charge in [0.2, 0.25) is 0 Å². The lowest BCUT2D eigenvalue weighted by molar-refractivity contribution is 0.513. The summed E-state index contributed by atoms with van der Waals surface area (Å²) in [6.07, 6.45) is 0. The highest BCUT2D eigenvalue weighted by Crippen LogP contribution is 2.13. The zero-order valence-electron chi connectivity index (χ0n) is 7.09. The highest BCUT2D eigenvalue weighted by Gasteiger charge is 2.02. The van der Waals surface area contributed by atoms with Gasteiger partial charge in [-0.3, -0.25) is 0 Å². The third kappa shape index (κ3) is 2.66. The molecule has 4 heteroatoms. The predicted molar refractivity (Wildman–Crippen MR) is 56.8 cm³/mol. The Balaban J connectivity index is 2.84. The van der Waals surface area contributed by atoms with Gasteiger partial charge in [0.1, 0.15) is 11.7 Å². The molecule has 0 aliphatic carbocycles. The molecule has 0 amide bonds. The number of benzene rings is 1. The fourth-order valence-corrected chi connectivity index (χ4v) is 1.21. The summed E-state index contributed by atoms with van der Waals surface area (Å²) in [5.74, 6) is 0. The Morgan fingerprint density at radius 2 is 2.15 bits per heavy atom. The minimum atomic E-state index is -0.411. The molecule has 0 aliphatic heterocycles. The van der Waals surface area contributed by atoms with E-state index in [1.165, 1.54) is 0 Å². The van der Waals surface area contributed by atoms with Crippen LogP contribution in [0.3, 0.4) is 0 Å². The average molecular weight is 198 g/mol. The van der Waals surface area contributed by atoms with Crippen molar-refractivity contribution in [3.8, 4) is 0 Å². The van der Waals surface area contributed by atoms with Crippen LogP contribution in [0.1, 0.15) is 5.56 Å². The van der Waals surface area contributed by atoms with E-state index >= 15 is 0 Å². The van der Waals surface area contributed by atoms with Crippen LogP contribution in [0.15, 0.2) is 24.3 Å². The van der Waals surface area contributed by atoms with Crippen molar-refractivity contribution in [1.29, 1.82) is 0 Å². The fraction of sp³-hybridized carbons (Fsp3) is 0.222. The van der Waals surface area contributed by atoms with Crippen LogP contribution in [0.4, 0.5) is 10.1 Å². The number of nitrogens with two attached hydrogens (primary N) is 1. The number of para-hydroxylation sites is 1. The van der Waals surface area contributed by atoms with Crippen LogP contribution in [0.5, 0.6) is 0 Å². The Morgan fingerprint density at radius 1 is 1.46 bits per heavy atom. The van der Waals surface area contributed by atoms with E-state index in [1.807, 2.05) is 24.3 Å². The van der Waals surface area contributed by atoms with Gasteiger partial charge in [-0.15, -0.1) is 0 Å². The van der Waals surface area contributed by atoms with Crippen LogP contribution in [-0.4, -0.2) is 18.2 Å². The maximum Gasteiger partial charge on any atom is 0.107 e. The van der Waals surface area contributed by atoms with Gasteiger partial charge >= 0.3 is 0 Å². The summed E-state index contributed by atoms with van der Waals surface area (Å²) in [6.45, 7) is -0.134. The lowest BCUT2D eigenvalue weighted by atomic mass is 10.2. The third-order valence-electron chi connectivity index (χ3n) is 1.60. The number of rotatable bonds is 4. The highest BCUT2D eigenvalue weighted by molar-refractivity contribution is 7.80. The number of halogens is 1. The van der Waals surface area contributed by atoms with Crippen molar-refractivity contribution in [2.45, 2.75) is 0 Å². The Kier molecular flexibility index (Phi) is 3.64. The first-order valence-corrected chi connectivity index (χ1v) is 4.35. The molecule has 0 bridgehead atoms. The standard InChI is InChI=1S/C9H11FN2S/c10-5-6-12-8-4-2-1-3-7(8)9(11)13/h1-4,12H,5-6H2,(H2,11,13). The van der Waals surface area contributed by atoms with Crippen LogP contribution >= 0.6 is 12.2 Å². The molecule has 13 heavy (non-hydrogen) atoms. The molecule has 2 nitrogen and oxygen atoms in total. The Bertz CT molecular complexity index is 301. The van der Waals surface area contributed by atoms with Gasteiger partial charge in [-0.2, -0.15) is 0 Å². The molecule has 0 fully saturated rings. The molecule has 1 aromatic rings. The van der Waals surface area contributed by atoms with Crippen molar-refractivity contribution in [3.63, 3.8) is 0 Å². The fourth-order valence-electron chi connectivity index (χ4n) is 1.03. The molecular weight excluding hydrogens is 187 g/mol. The third-order valence-corrected chi connectivity index (χ3v) is 1.82. The van der Waals surface area contributed by atoms with E-state index in [4.69, 9.17) is 18.0 Å². The van der Waals surface area contributed by atoms with Crippen LogP contribution in [0.25, 0.3) is 0 Å². The van der Waals surface area contributed by atoms with Crippen molar-refractivity contribution >= 4 is 22.9 Å². The first kappa shape index (κ1) is 9.92. The monoisotopic (exact) mass is 198 g/mol. The van der Waals surface area contributed by atoms with Gasteiger partial charge in [0.15, 0.2) is 0 Å². The van der Waals surface area contributed by atoms with E-state index in [1.54, 1.807) is 0 Å². The molecule has 0 radical (unpaired) electrons. The average Bonchev–Trinajstić information content (AvgIpc) is 2.15. The number of thiocarbonyl (C=S) groups is 1. The molecule has 70 valence electrons. The summed E-state index contributed by atoms with van der Waals surface area (Å²) in [4.78, 5) is 0.321. The van der Waals surface area contributed by atoms with E-state index < -0.39 is 6.67 Å². The Morgan fingerprint density at radius 3 is 2.77 bits per heavy atom. The largest absolute Gasteiger partial charge is 0.389 e. The van der Waals surface area contributed by atoms with Gasteiger partial charge < -0.3 is 11.1 Å². The first-order chi connectivity index (χ1) is 6.25. The lowest BCUT2D eigenvalue weighted by Crippen LogP contribution is -2.14. The first-order valence-electron chi connectivity index (χ1n) is 3.94. The van der Waals surface area contributed by atoms with Crippen molar-refractivity contribution < 1.29 is 4.39 Å². The lowest BCUT2D eigenvalue weighted by Gasteiger charge is -2.08. The minimum Gasteiger partial charge on any atom is -0.389 e. The van der Waals surface area contributed by atoms with Crippen LogP contribution < -0.4 is 11.1 Å². The zero-order chi connectivity index (χ0) is 9.68. The van der Waals surface area contributed by atoms with Gasteiger partial charge in [0.05, 0.1) is 0 Å². The summed E-state index contributed by atoms with van der Waals surface area (Å²) in [6, 6.07) is 7.32. The topological polar surface area (TPSA) is 38.0 Å². The Hall–Kier alpha value is -1.16. The summed E-state index contributed by atoms with van der Waals surface area (Å²) < 4.78 is 11.9. The van der Waals surface area contributed by atoms with E-state index in [-0.39, 0.29) is 6.54 Å². The second-order valence-electron chi connectivity index (χ2n) is 2.53. The van der Waals surface area contributed by atoms with Crippen LogP contribution in [-0.2, 0) is 0 Å². The number of hydrogen-bond donors (Lipinski definition) is 2. The van der Waals surface area contributed by atoms with Crippen molar-refractivity contribution in [3.05, 3.63) is 29.8 Å². The van der Waals surface area contributed by atoms with Gasteiger partial charge in [0, 0.05) is 17.8 Å². The highest BCUT2D eigenvalue weighted by atomic mass is 32.1. The van der Waals surface area contributed by atoms with E-state index in [9.17, 15) is 4.39 Å². The van der Waals surface area contributed by atoms with E-state index in [2.05, 4.69) is 5.32 Å². The van der Waals surface area contributed by atoms with Crippen LogP contribution in [0, 0.1) is 0 Å². The number of nitrogens with one attached hydrogen (secondary N) is 1. The molecule has 0 unspecified atom stereocenters. The smallest absolute Gasteiger partial charge is 0.107 e. The Labute approximate surface area is 81.9 Å². The van der Waals surface area contributed by atoms with Gasteiger partial charge in [-0.1, -0.05) is 24.4 Å². The second-order valence-corrected chi connectivity index (χ2v) is 2.97. The minimum absolute atomic E-state index is 0.277. The van der Waals surface area contributed by atoms with Crippen LogP contribution in [0.2, 0.25) is 0 Å². The SMILES string of the molecule is NC(=S)c1ccccc1NCCF. The molecule has 0 saturated heterocycles. The summed E-state index contributed by atoms with van der Waals surface area (Å²) >= 11 is 4.84. The summed E-state index contributed by atoms with van der Waals surface area (Å²) in [7, 11) is 0. The second kappa shape index (κ2) is 4.77. The maximum atomic E-state index is 11.9. The van der Waals surface area contributed by atoms with Gasteiger partial charge in [-0.25, -0.2) is 4.39 Å². The normalized spacial score (nSPS) is 9.62. The number of hydrogen-bond acceptors (Lipinski definition) is 2. The van der Waals surface area contributed by atoms with E-state index in [0.29, 0.717) is 4.99 Å². The molecule has 0 aromatic heterocycles. The molecule has 0 saturated carbocycles. The quantitative estimate of drug-likeness (QED) is 0.723. The van der Waals surface area contributed by atoms with E-state index in [0.717, 1.165) is 11.3 Å². The molecule has 0 spiro atoms. The molecular formula is C9H11FN2S.